The number of methoxy groups -OCH3 is 2. The maximum Gasteiger partial charge on any atom is 0.410 e. The second-order valence-corrected chi connectivity index (χ2v) is 9.45. The first-order chi connectivity index (χ1) is 16.5. The lowest BCUT2D eigenvalue weighted by Crippen LogP contribution is -2.44. The van der Waals surface area contributed by atoms with Crippen molar-refractivity contribution in [2.45, 2.75) is 52.2 Å². The molecule has 3 rings (SSSR count). The van der Waals surface area contributed by atoms with Crippen LogP contribution in [0.1, 0.15) is 39.2 Å². The lowest BCUT2D eigenvalue weighted by molar-refractivity contribution is -0.140. The first-order valence-electron chi connectivity index (χ1n) is 11.5. The molecule has 1 aromatic carbocycles. The molecule has 0 spiro atoms. The third-order valence-electron chi connectivity index (χ3n) is 5.69. The Bertz CT molecular complexity index is 990. The normalized spacial score (nSPS) is 17.2. The number of esters is 2. The average molecular weight is 491 g/mol. The van der Waals surface area contributed by atoms with Gasteiger partial charge in [-0.1, -0.05) is 0 Å². The number of hydrogen-bond acceptors (Lipinski definition) is 9. The first kappa shape index (κ1) is 26.3. The summed E-state index contributed by atoms with van der Waals surface area (Å²) in [5, 5.41) is 0. The maximum absolute atomic E-state index is 12.5. The van der Waals surface area contributed by atoms with Crippen molar-refractivity contribution in [2.24, 2.45) is 0 Å². The Labute approximate surface area is 205 Å². The van der Waals surface area contributed by atoms with Crippen LogP contribution >= 0.6 is 0 Å². The highest BCUT2D eigenvalue weighted by molar-refractivity contribution is 6.03. The number of likely N-dealkylation sites (tertiary alicyclic amines) is 1. The molecule has 0 N–H and O–H groups in total. The summed E-state index contributed by atoms with van der Waals surface area (Å²) in [6.45, 7) is 8.61. The van der Waals surface area contributed by atoms with E-state index in [0.717, 1.165) is 5.56 Å². The zero-order chi connectivity index (χ0) is 25.8. The van der Waals surface area contributed by atoms with Gasteiger partial charge in [-0.25, -0.2) is 14.4 Å². The molecular formula is C25H34N2O8. The van der Waals surface area contributed by atoms with Crippen molar-refractivity contribution in [3.63, 3.8) is 0 Å². The highest BCUT2D eigenvalue weighted by Crippen LogP contribution is 2.31. The van der Waals surface area contributed by atoms with E-state index in [1.807, 2.05) is 39.8 Å². The van der Waals surface area contributed by atoms with E-state index in [4.69, 9.17) is 23.7 Å². The molecule has 10 heteroatoms. The number of carbonyl (C=O) groups is 3. The van der Waals surface area contributed by atoms with Crippen molar-refractivity contribution >= 4 is 23.7 Å². The molecule has 35 heavy (non-hydrogen) atoms. The third-order valence-corrected chi connectivity index (χ3v) is 5.69. The molecule has 0 atom stereocenters. The van der Waals surface area contributed by atoms with Crippen molar-refractivity contribution in [1.29, 1.82) is 0 Å². The van der Waals surface area contributed by atoms with Crippen LogP contribution in [0.5, 0.6) is 5.75 Å². The van der Waals surface area contributed by atoms with Gasteiger partial charge in [-0.05, 0) is 51.5 Å². The fourth-order valence-corrected chi connectivity index (χ4v) is 3.94. The fourth-order valence-electron chi connectivity index (χ4n) is 3.94. The molecule has 0 radical (unpaired) electrons. The van der Waals surface area contributed by atoms with E-state index in [1.54, 1.807) is 15.9 Å². The average Bonchev–Trinajstić information content (AvgIpc) is 2.83. The van der Waals surface area contributed by atoms with Crippen molar-refractivity contribution in [3.05, 3.63) is 35.0 Å². The molecule has 192 valence electrons. The summed E-state index contributed by atoms with van der Waals surface area (Å²) in [5.41, 5.74) is 1.17. The third kappa shape index (κ3) is 6.45. The van der Waals surface area contributed by atoms with Crippen LogP contribution in [0.4, 0.5) is 10.5 Å². The Morgan fingerprint density at radius 1 is 1.03 bits per heavy atom. The zero-order valence-corrected chi connectivity index (χ0v) is 21.2. The highest BCUT2D eigenvalue weighted by atomic mass is 16.6. The molecule has 2 heterocycles. The zero-order valence-electron chi connectivity index (χ0n) is 21.2. The minimum atomic E-state index is -0.650. The maximum atomic E-state index is 12.5. The van der Waals surface area contributed by atoms with Crippen LogP contribution in [-0.4, -0.2) is 75.3 Å². The van der Waals surface area contributed by atoms with E-state index >= 15 is 0 Å². The Morgan fingerprint density at radius 2 is 1.69 bits per heavy atom. The molecule has 10 nitrogen and oxygen atoms in total. The second kappa shape index (κ2) is 11.0. The van der Waals surface area contributed by atoms with E-state index in [-0.39, 0.29) is 36.8 Å². The molecule has 0 unspecified atom stereocenters. The molecule has 0 saturated carbocycles. The lowest BCUT2D eigenvalue weighted by atomic mass is 10.1. The van der Waals surface area contributed by atoms with Gasteiger partial charge in [0.2, 0.25) is 0 Å². The SMILES string of the molecule is COC(=O)C1=C(C(=O)OC)N(c2ccc(OC3CCN(C(=O)OC(C)(C)C)CC3)c(C)c2)COC1. The largest absolute Gasteiger partial charge is 0.490 e. The summed E-state index contributed by atoms with van der Waals surface area (Å²) in [4.78, 5) is 40.3. The Kier molecular flexibility index (Phi) is 8.26. The highest BCUT2D eigenvalue weighted by Gasteiger charge is 2.33. The molecule has 1 aromatic rings. The number of hydrogen-bond donors (Lipinski definition) is 0. The second-order valence-electron chi connectivity index (χ2n) is 9.45. The van der Waals surface area contributed by atoms with E-state index in [0.29, 0.717) is 37.4 Å². The quantitative estimate of drug-likeness (QED) is 0.455. The van der Waals surface area contributed by atoms with E-state index in [9.17, 15) is 14.4 Å². The van der Waals surface area contributed by atoms with E-state index < -0.39 is 17.5 Å². The smallest absolute Gasteiger partial charge is 0.410 e. The number of rotatable bonds is 5. The van der Waals surface area contributed by atoms with Gasteiger partial charge >= 0.3 is 18.0 Å². The van der Waals surface area contributed by atoms with Crippen LogP contribution in [0.2, 0.25) is 0 Å². The van der Waals surface area contributed by atoms with E-state index in [2.05, 4.69) is 0 Å². The number of nitrogens with zero attached hydrogens (tertiary/aromatic N) is 2. The molecule has 1 amide bonds. The number of aryl methyl sites for hydroxylation is 1. The summed E-state index contributed by atoms with van der Waals surface area (Å²) in [5.74, 6) is -0.591. The topological polar surface area (TPSA) is 104 Å². The number of amides is 1. The summed E-state index contributed by atoms with van der Waals surface area (Å²) in [7, 11) is 2.51. The fraction of sp³-hybridized carbons (Fsp3) is 0.560. The van der Waals surface area contributed by atoms with Crippen LogP contribution < -0.4 is 9.64 Å². The monoisotopic (exact) mass is 490 g/mol. The van der Waals surface area contributed by atoms with Gasteiger partial charge in [-0.15, -0.1) is 0 Å². The van der Waals surface area contributed by atoms with Gasteiger partial charge in [0.25, 0.3) is 0 Å². The number of anilines is 1. The number of piperidine rings is 1. The number of benzene rings is 1. The van der Waals surface area contributed by atoms with Gasteiger partial charge in [-0.3, -0.25) is 0 Å². The van der Waals surface area contributed by atoms with Crippen LogP contribution in [0.15, 0.2) is 29.5 Å². The standard InChI is InChI=1S/C25H34N2O8/c1-16-13-17(27-15-33-14-19(22(28)31-5)21(27)23(29)32-6)7-8-20(16)34-18-9-11-26(12-10-18)24(30)35-25(2,3)4/h7-8,13,18H,9-12,14-15H2,1-6H3. The van der Waals surface area contributed by atoms with Crippen molar-refractivity contribution in [1.82, 2.24) is 4.90 Å². The summed E-state index contributed by atoms with van der Waals surface area (Å²) < 4.78 is 26.9. The van der Waals surface area contributed by atoms with Crippen LogP contribution in [0.3, 0.4) is 0 Å². The molecule has 2 aliphatic heterocycles. The Morgan fingerprint density at radius 3 is 2.26 bits per heavy atom. The molecule has 0 aliphatic carbocycles. The summed E-state index contributed by atoms with van der Waals surface area (Å²) >= 11 is 0. The van der Waals surface area contributed by atoms with Gasteiger partial charge in [-0.2, -0.15) is 0 Å². The molecule has 2 aliphatic rings. The minimum absolute atomic E-state index is 0.0343. The van der Waals surface area contributed by atoms with Gasteiger partial charge < -0.3 is 33.5 Å². The van der Waals surface area contributed by atoms with E-state index in [1.165, 1.54) is 14.2 Å². The van der Waals surface area contributed by atoms with Crippen LogP contribution in [0.25, 0.3) is 0 Å². The van der Waals surface area contributed by atoms with Crippen LogP contribution in [0, 0.1) is 6.92 Å². The Balaban J connectivity index is 1.71. The van der Waals surface area contributed by atoms with Gasteiger partial charge in [0.1, 0.15) is 29.9 Å². The molecule has 0 aromatic heterocycles. The van der Waals surface area contributed by atoms with Crippen LogP contribution in [-0.2, 0) is 28.5 Å². The van der Waals surface area contributed by atoms with Crippen molar-refractivity contribution < 1.29 is 38.1 Å². The van der Waals surface area contributed by atoms with Crippen molar-refractivity contribution in [2.75, 3.05) is 45.5 Å². The molecular weight excluding hydrogens is 456 g/mol. The molecule has 0 bridgehead atoms. The minimum Gasteiger partial charge on any atom is -0.490 e. The van der Waals surface area contributed by atoms with Crippen molar-refractivity contribution in [3.8, 4) is 5.75 Å². The number of carbonyl (C=O) groups excluding carboxylic acids is 3. The predicted octanol–water partition coefficient (Wildman–Crippen LogP) is 3.17. The predicted molar refractivity (Wildman–Crippen MR) is 127 cm³/mol. The molecule has 1 fully saturated rings. The molecule has 1 saturated heterocycles. The summed E-state index contributed by atoms with van der Waals surface area (Å²) in [6.07, 6.45) is 1.05. The summed E-state index contributed by atoms with van der Waals surface area (Å²) in [6, 6.07) is 5.48. The Hall–Kier alpha value is -3.27. The van der Waals surface area contributed by atoms with Gasteiger partial charge in [0.15, 0.2) is 0 Å². The van der Waals surface area contributed by atoms with Gasteiger partial charge in [0.05, 0.1) is 26.4 Å². The first-order valence-corrected chi connectivity index (χ1v) is 11.5. The number of ether oxygens (including phenoxy) is 5. The lowest BCUT2D eigenvalue weighted by Gasteiger charge is -2.34. The van der Waals surface area contributed by atoms with Gasteiger partial charge in [0, 0.05) is 31.6 Å².